The zero-order valence-corrected chi connectivity index (χ0v) is 11.2. The topological polar surface area (TPSA) is 42.0 Å². The molecule has 19 heavy (non-hydrogen) atoms. The number of pyridine rings is 1. The highest BCUT2D eigenvalue weighted by Gasteiger charge is 2.00. The maximum absolute atomic E-state index is 11.7. The first-order valence-electron chi connectivity index (χ1n) is 5.82. The van der Waals surface area contributed by atoms with E-state index in [1.54, 1.807) is 18.2 Å². The van der Waals surface area contributed by atoms with Crippen LogP contribution in [0.15, 0.2) is 48.5 Å². The molecule has 0 fully saturated rings. The van der Waals surface area contributed by atoms with E-state index in [1.165, 1.54) is 6.08 Å². The molecule has 96 valence electrons. The number of nitrogens with one attached hydrogen (secondary N) is 1. The van der Waals surface area contributed by atoms with Gasteiger partial charge in [0.25, 0.3) is 0 Å². The van der Waals surface area contributed by atoms with Gasteiger partial charge in [0.15, 0.2) is 0 Å². The van der Waals surface area contributed by atoms with Crippen LogP contribution in [0.1, 0.15) is 11.3 Å². The average molecular weight is 273 g/mol. The highest BCUT2D eigenvalue weighted by Crippen LogP contribution is 2.16. The van der Waals surface area contributed by atoms with Crippen LogP contribution in [0.25, 0.3) is 6.08 Å². The Morgan fingerprint density at radius 2 is 2.00 bits per heavy atom. The fourth-order valence-corrected chi connectivity index (χ4v) is 1.76. The van der Waals surface area contributed by atoms with Crippen LogP contribution in [0, 0.1) is 6.92 Å². The number of carbonyl (C=O) groups is 1. The second-order valence-corrected chi connectivity index (χ2v) is 4.42. The van der Waals surface area contributed by atoms with Crippen molar-refractivity contribution >= 4 is 29.4 Å². The van der Waals surface area contributed by atoms with Gasteiger partial charge in [-0.1, -0.05) is 35.9 Å². The molecule has 2 aromatic rings. The van der Waals surface area contributed by atoms with E-state index in [2.05, 4.69) is 10.3 Å². The smallest absolute Gasteiger partial charge is 0.249 e. The molecule has 2 rings (SSSR count). The summed E-state index contributed by atoms with van der Waals surface area (Å²) in [5, 5.41) is 3.30. The van der Waals surface area contributed by atoms with E-state index < -0.39 is 0 Å². The Balaban J connectivity index is 2.04. The van der Waals surface area contributed by atoms with E-state index in [-0.39, 0.29) is 5.91 Å². The first-order valence-corrected chi connectivity index (χ1v) is 6.20. The summed E-state index contributed by atoms with van der Waals surface area (Å²) in [5.41, 5.74) is 1.66. The number of halogens is 1. The van der Waals surface area contributed by atoms with Gasteiger partial charge in [-0.15, -0.1) is 0 Å². The number of hydrogen-bond donors (Lipinski definition) is 1. The van der Waals surface area contributed by atoms with E-state index in [4.69, 9.17) is 11.6 Å². The van der Waals surface area contributed by atoms with Crippen LogP contribution in [-0.2, 0) is 4.79 Å². The maximum Gasteiger partial charge on any atom is 0.249 e. The van der Waals surface area contributed by atoms with E-state index >= 15 is 0 Å². The summed E-state index contributed by atoms with van der Waals surface area (Å²) in [6.45, 7) is 1.87. The van der Waals surface area contributed by atoms with Gasteiger partial charge in [-0.25, -0.2) is 4.98 Å². The average Bonchev–Trinajstić information content (AvgIpc) is 2.38. The third-order valence-electron chi connectivity index (χ3n) is 2.46. The molecule has 0 aliphatic heterocycles. The standard InChI is InChI=1S/C15H13ClN2O/c1-11-5-4-8-14(17-11)18-15(19)10-9-12-6-2-3-7-13(12)16/h2-10H,1H3,(H,17,18,19). The van der Waals surface area contributed by atoms with Crippen LogP contribution in [0.3, 0.4) is 0 Å². The van der Waals surface area contributed by atoms with Crippen molar-refractivity contribution in [3.63, 3.8) is 0 Å². The number of aryl methyl sites for hydroxylation is 1. The van der Waals surface area contributed by atoms with Gasteiger partial charge in [0.1, 0.15) is 5.82 Å². The molecular weight excluding hydrogens is 260 g/mol. The van der Waals surface area contributed by atoms with Crippen LogP contribution < -0.4 is 5.32 Å². The SMILES string of the molecule is Cc1cccc(NC(=O)C=Cc2ccccc2Cl)n1. The van der Waals surface area contributed by atoms with Crippen LogP contribution in [0.2, 0.25) is 5.02 Å². The summed E-state index contributed by atoms with van der Waals surface area (Å²) >= 11 is 5.99. The molecule has 0 aliphatic carbocycles. The van der Waals surface area contributed by atoms with Gasteiger partial charge in [0.2, 0.25) is 5.91 Å². The van der Waals surface area contributed by atoms with E-state index in [0.29, 0.717) is 10.8 Å². The molecule has 1 aromatic heterocycles. The van der Waals surface area contributed by atoms with Crippen molar-refractivity contribution in [2.24, 2.45) is 0 Å². The quantitative estimate of drug-likeness (QED) is 0.866. The number of benzene rings is 1. The first kappa shape index (κ1) is 13.3. The molecule has 1 aromatic carbocycles. The molecule has 4 heteroatoms. The number of anilines is 1. The lowest BCUT2D eigenvalue weighted by Crippen LogP contribution is -2.09. The predicted molar refractivity (Wildman–Crippen MR) is 78.1 cm³/mol. The van der Waals surface area contributed by atoms with Crippen molar-refractivity contribution < 1.29 is 4.79 Å². The van der Waals surface area contributed by atoms with E-state index in [1.807, 2.05) is 37.3 Å². The van der Waals surface area contributed by atoms with Crippen LogP contribution in [-0.4, -0.2) is 10.9 Å². The Bertz CT molecular complexity index is 623. The summed E-state index contributed by atoms with van der Waals surface area (Å²) in [4.78, 5) is 15.9. The molecular formula is C15H13ClN2O. The van der Waals surface area contributed by atoms with Crippen molar-refractivity contribution in [3.8, 4) is 0 Å². The number of hydrogen-bond acceptors (Lipinski definition) is 2. The number of rotatable bonds is 3. The molecule has 3 nitrogen and oxygen atoms in total. The number of amides is 1. The largest absolute Gasteiger partial charge is 0.307 e. The summed E-state index contributed by atoms with van der Waals surface area (Å²) in [5.74, 6) is 0.298. The van der Waals surface area contributed by atoms with Crippen molar-refractivity contribution in [2.45, 2.75) is 6.92 Å². The second kappa shape index (κ2) is 6.16. The van der Waals surface area contributed by atoms with Gasteiger partial charge in [0, 0.05) is 16.8 Å². The highest BCUT2D eigenvalue weighted by molar-refractivity contribution is 6.32. The molecule has 1 amide bonds. The molecule has 0 saturated heterocycles. The molecule has 0 bridgehead atoms. The van der Waals surface area contributed by atoms with Gasteiger partial charge < -0.3 is 5.32 Å². The van der Waals surface area contributed by atoms with Gasteiger partial charge in [-0.2, -0.15) is 0 Å². The Morgan fingerprint density at radius 3 is 2.74 bits per heavy atom. The van der Waals surface area contributed by atoms with E-state index in [9.17, 15) is 4.79 Å². The van der Waals surface area contributed by atoms with Crippen LogP contribution >= 0.6 is 11.6 Å². The van der Waals surface area contributed by atoms with E-state index in [0.717, 1.165) is 11.3 Å². The van der Waals surface area contributed by atoms with Gasteiger partial charge in [0.05, 0.1) is 0 Å². The number of aromatic nitrogens is 1. The number of carbonyl (C=O) groups excluding carboxylic acids is 1. The number of nitrogens with zero attached hydrogens (tertiary/aromatic N) is 1. The lowest BCUT2D eigenvalue weighted by molar-refractivity contribution is -0.111. The fourth-order valence-electron chi connectivity index (χ4n) is 1.56. The van der Waals surface area contributed by atoms with Crippen molar-refractivity contribution in [1.82, 2.24) is 4.98 Å². The first-order chi connectivity index (χ1) is 9.15. The summed E-state index contributed by atoms with van der Waals surface area (Å²) in [7, 11) is 0. The zero-order valence-electron chi connectivity index (χ0n) is 10.4. The Kier molecular flexibility index (Phi) is 4.31. The minimum atomic E-state index is -0.238. The monoisotopic (exact) mass is 272 g/mol. The second-order valence-electron chi connectivity index (χ2n) is 4.01. The highest BCUT2D eigenvalue weighted by atomic mass is 35.5. The molecule has 0 spiro atoms. The molecule has 0 unspecified atom stereocenters. The molecule has 0 atom stereocenters. The lowest BCUT2D eigenvalue weighted by atomic mass is 10.2. The summed E-state index contributed by atoms with van der Waals surface area (Å²) in [6.07, 6.45) is 3.11. The zero-order chi connectivity index (χ0) is 13.7. The maximum atomic E-state index is 11.7. The predicted octanol–water partition coefficient (Wildman–Crippen LogP) is 3.70. The Hall–Kier alpha value is -2.13. The van der Waals surface area contributed by atoms with Crippen molar-refractivity contribution in [2.75, 3.05) is 5.32 Å². The molecule has 1 N–H and O–H groups in total. The van der Waals surface area contributed by atoms with Gasteiger partial charge in [-0.3, -0.25) is 4.79 Å². The molecule has 0 saturated carbocycles. The van der Waals surface area contributed by atoms with Crippen molar-refractivity contribution in [3.05, 3.63) is 64.8 Å². The third-order valence-corrected chi connectivity index (χ3v) is 2.80. The molecule has 0 radical (unpaired) electrons. The van der Waals surface area contributed by atoms with Gasteiger partial charge in [-0.05, 0) is 36.8 Å². The third kappa shape index (κ3) is 3.93. The Labute approximate surface area is 116 Å². The summed E-state index contributed by atoms with van der Waals surface area (Å²) in [6, 6.07) is 12.8. The Morgan fingerprint density at radius 1 is 1.21 bits per heavy atom. The van der Waals surface area contributed by atoms with Crippen molar-refractivity contribution in [1.29, 1.82) is 0 Å². The molecule has 0 aliphatic rings. The van der Waals surface area contributed by atoms with Crippen LogP contribution in [0.4, 0.5) is 5.82 Å². The van der Waals surface area contributed by atoms with Gasteiger partial charge >= 0.3 is 0 Å². The normalized spacial score (nSPS) is 10.6. The summed E-state index contributed by atoms with van der Waals surface area (Å²) < 4.78 is 0. The fraction of sp³-hybridized carbons (Fsp3) is 0.0667. The lowest BCUT2D eigenvalue weighted by Gasteiger charge is -2.02. The van der Waals surface area contributed by atoms with Crippen LogP contribution in [0.5, 0.6) is 0 Å². The molecule has 1 heterocycles. The minimum absolute atomic E-state index is 0.238. The minimum Gasteiger partial charge on any atom is -0.307 e.